The van der Waals surface area contributed by atoms with Crippen molar-refractivity contribution in [2.75, 3.05) is 26.4 Å². The smallest absolute Gasteiger partial charge is 0.130 e. The van der Waals surface area contributed by atoms with Gasteiger partial charge in [-0.2, -0.15) is 0 Å². The molecule has 7 atom stereocenters. The minimum atomic E-state index is 0.126. The zero-order valence-electron chi connectivity index (χ0n) is 47.7. The summed E-state index contributed by atoms with van der Waals surface area (Å²) in [7, 11) is 0. The Morgan fingerprint density at radius 3 is 1.30 bits per heavy atom. The lowest BCUT2D eigenvalue weighted by molar-refractivity contribution is -0.998. The fourth-order valence-electron chi connectivity index (χ4n) is 13.0. The van der Waals surface area contributed by atoms with Crippen molar-refractivity contribution in [3.05, 3.63) is 60.2 Å². The third-order valence-corrected chi connectivity index (χ3v) is 17.3. The number of unbranched alkanes of at least 4 members (excludes halogenated alkanes) is 24. The van der Waals surface area contributed by atoms with Gasteiger partial charge in [0.1, 0.15) is 19.2 Å². The van der Waals surface area contributed by atoms with Crippen molar-refractivity contribution in [3.8, 4) is 0 Å². The minimum absolute atomic E-state index is 0.126. The summed E-state index contributed by atoms with van der Waals surface area (Å²) in [6.45, 7) is 24.7. The van der Waals surface area contributed by atoms with Crippen LogP contribution in [0.5, 0.6) is 0 Å². The summed E-state index contributed by atoms with van der Waals surface area (Å²) in [5.74, 6) is 4.43. The number of quaternary nitrogens is 1. The van der Waals surface area contributed by atoms with Crippen LogP contribution in [0.3, 0.4) is 0 Å². The van der Waals surface area contributed by atoms with Crippen LogP contribution in [0.1, 0.15) is 279 Å². The van der Waals surface area contributed by atoms with Gasteiger partial charge in [0.15, 0.2) is 0 Å². The lowest BCUT2D eigenvalue weighted by Gasteiger charge is -2.59. The summed E-state index contributed by atoms with van der Waals surface area (Å²) in [4.78, 5) is 0. The molecule has 2 aliphatic rings. The third-order valence-electron chi connectivity index (χ3n) is 17.3. The Balaban J connectivity index is 1.65. The maximum Gasteiger partial charge on any atom is 0.130 e. The van der Waals surface area contributed by atoms with Crippen molar-refractivity contribution < 1.29 is 14.0 Å². The predicted octanol–water partition coefficient (Wildman–Crippen LogP) is 20.4. The van der Waals surface area contributed by atoms with Gasteiger partial charge in [-0.05, 0) is 114 Å². The van der Waals surface area contributed by atoms with E-state index in [0.717, 1.165) is 56.6 Å². The molecule has 2 saturated carbocycles. The molecule has 0 amide bonds. The molecular weight excluding hydrogens is 839 g/mol. The van der Waals surface area contributed by atoms with E-state index in [-0.39, 0.29) is 6.10 Å². The van der Waals surface area contributed by atoms with Crippen molar-refractivity contribution in [1.82, 2.24) is 0 Å². The molecule has 0 heterocycles. The Bertz CT molecular complexity index is 1320. The molecule has 7 unspecified atom stereocenters. The number of benzene rings is 1. The maximum absolute atomic E-state index is 7.26. The van der Waals surface area contributed by atoms with Crippen molar-refractivity contribution in [2.24, 2.45) is 35.5 Å². The molecule has 2 fully saturated rings. The fourth-order valence-corrected chi connectivity index (χ4v) is 13.0. The van der Waals surface area contributed by atoms with Gasteiger partial charge in [0.25, 0.3) is 0 Å². The zero-order chi connectivity index (χ0) is 49.6. The van der Waals surface area contributed by atoms with Gasteiger partial charge in [0.05, 0.1) is 18.7 Å². The monoisotopic (exact) mass is 959 g/mol. The van der Waals surface area contributed by atoms with E-state index in [4.69, 9.17) is 9.47 Å². The van der Waals surface area contributed by atoms with Crippen molar-refractivity contribution in [1.29, 1.82) is 0 Å². The lowest BCUT2D eigenvalue weighted by atomic mass is 9.67. The van der Waals surface area contributed by atoms with Crippen LogP contribution in [-0.4, -0.2) is 49.0 Å². The molecule has 0 spiro atoms. The largest absolute Gasteiger partial charge is 0.379 e. The molecule has 400 valence electrons. The van der Waals surface area contributed by atoms with Gasteiger partial charge in [-0.3, -0.25) is 0 Å². The summed E-state index contributed by atoms with van der Waals surface area (Å²) in [6.07, 6.45) is 55.7. The highest BCUT2D eigenvalue weighted by Crippen LogP contribution is 2.48. The molecule has 69 heavy (non-hydrogen) atoms. The summed E-state index contributed by atoms with van der Waals surface area (Å²) >= 11 is 0. The predicted molar refractivity (Wildman–Crippen MR) is 305 cm³/mol. The van der Waals surface area contributed by atoms with Crippen molar-refractivity contribution >= 4 is 0 Å². The first kappa shape index (κ1) is 61.9. The highest BCUT2D eigenvalue weighted by Gasteiger charge is 2.54. The molecule has 3 heteroatoms. The van der Waals surface area contributed by atoms with Crippen molar-refractivity contribution in [2.45, 2.75) is 298 Å². The lowest BCUT2D eigenvalue weighted by Crippen LogP contribution is -2.70. The number of hydrogen-bond donors (Lipinski definition) is 0. The van der Waals surface area contributed by atoms with Crippen LogP contribution in [0.25, 0.3) is 0 Å². The van der Waals surface area contributed by atoms with Crippen LogP contribution in [0.15, 0.2) is 54.6 Å². The average Bonchev–Trinajstić information content (AvgIpc) is 3.34. The molecule has 0 bridgehead atoms. The SMILES string of the molecule is CCCCCCCC/C=C\CCCCCCCCOCC(C[N+](Cc1ccccc1)(C1CC(C)CCC1C(C)C)C1CC(C)CCC1C(C)C)OCCCCCCCC/C=C\CCCCCCCC. The normalized spacial score (nSPS) is 22.6. The first-order valence-corrected chi connectivity index (χ1v) is 31.1. The van der Waals surface area contributed by atoms with E-state index in [1.807, 2.05) is 0 Å². The third kappa shape index (κ3) is 26.9. The number of allylic oxidation sites excluding steroid dienone is 4. The van der Waals surface area contributed by atoms with Gasteiger partial charge in [-0.25, -0.2) is 0 Å². The first-order valence-electron chi connectivity index (χ1n) is 31.1. The Labute approximate surface area is 432 Å². The van der Waals surface area contributed by atoms with Crippen LogP contribution in [0.4, 0.5) is 0 Å². The van der Waals surface area contributed by atoms with Gasteiger partial charge < -0.3 is 14.0 Å². The van der Waals surface area contributed by atoms with Crippen molar-refractivity contribution in [3.63, 3.8) is 0 Å². The van der Waals surface area contributed by atoms with Gasteiger partial charge in [0.2, 0.25) is 0 Å². The quantitative estimate of drug-likeness (QED) is 0.0369. The second-order valence-electron chi connectivity index (χ2n) is 24.2. The van der Waals surface area contributed by atoms with Gasteiger partial charge in [-0.1, -0.05) is 226 Å². The second kappa shape index (κ2) is 40.0. The first-order chi connectivity index (χ1) is 33.7. The number of rotatable bonds is 43. The Hall–Kier alpha value is -1.42. The molecule has 0 aliphatic heterocycles. The average molecular weight is 960 g/mol. The van der Waals surface area contributed by atoms with Gasteiger partial charge in [-0.15, -0.1) is 0 Å². The fraction of sp³-hybridized carbons (Fsp3) is 0.848. The summed E-state index contributed by atoms with van der Waals surface area (Å²) < 4.78 is 15.3. The standard InChI is InChI=1S/C66H120NO2/c1-9-11-13-15-17-19-21-23-25-27-29-31-33-35-37-42-50-68-56-62(69-51-43-38-36-34-32-30-28-26-24-22-20-18-16-14-12-10-2)55-67(54-61-44-40-39-41-45-61,65-52-59(7)46-48-63(65)57(3)4)66-53-60(8)47-49-64(66)58(5)6/h23-26,39-41,44-45,57-60,62-66H,9-22,27-38,42-43,46-56H2,1-8H3/q+1/b25-23-,26-24-. The molecule has 0 saturated heterocycles. The van der Waals surface area contributed by atoms with E-state index in [0.29, 0.717) is 23.9 Å². The van der Waals surface area contributed by atoms with E-state index in [1.165, 1.54) is 228 Å². The molecule has 1 aromatic carbocycles. The molecule has 0 radical (unpaired) electrons. The summed E-state index contributed by atoms with van der Waals surface area (Å²) in [6, 6.07) is 13.0. The van der Waals surface area contributed by atoms with E-state index in [2.05, 4.69) is 110 Å². The Kier molecular flexibility index (Phi) is 35.9. The summed E-state index contributed by atoms with van der Waals surface area (Å²) in [5, 5.41) is 0. The number of ether oxygens (including phenoxy) is 2. The van der Waals surface area contributed by atoms with Crippen LogP contribution in [0.2, 0.25) is 0 Å². The molecular formula is C66H120NO2+. The molecule has 0 aromatic heterocycles. The molecule has 2 aliphatic carbocycles. The Morgan fingerprint density at radius 1 is 0.493 bits per heavy atom. The Morgan fingerprint density at radius 2 is 0.884 bits per heavy atom. The summed E-state index contributed by atoms with van der Waals surface area (Å²) in [5.41, 5.74) is 1.52. The van der Waals surface area contributed by atoms with E-state index in [1.54, 1.807) is 0 Å². The van der Waals surface area contributed by atoms with Crippen LogP contribution < -0.4 is 0 Å². The van der Waals surface area contributed by atoms with E-state index >= 15 is 0 Å². The molecule has 3 nitrogen and oxygen atoms in total. The topological polar surface area (TPSA) is 18.5 Å². The van der Waals surface area contributed by atoms with Crippen LogP contribution in [0, 0.1) is 35.5 Å². The molecule has 3 rings (SSSR count). The number of hydrogen-bond acceptors (Lipinski definition) is 2. The van der Waals surface area contributed by atoms with E-state index in [9.17, 15) is 0 Å². The highest BCUT2D eigenvalue weighted by molar-refractivity contribution is 5.14. The highest BCUT2D eigenvalue weighted by atomic mass is 16.5. The zero-order valence-corrected chi connectivity index (χ0v) is 47.7. The van der Waals surface area contributed by atoms with E-state index < -0.39 is 0 Å². The van der Waals surface area contributed by atoms with Gasteiger partial charge in [0, 0.05) is 43.5 Å². The van der Waals surface area contributed by atoms with Gasteiger partial charge >= 0.3 is 0 Å². The molecule has 0 N–H and O–H groups in total. The second-order valence-corrected chi connectivity index (χ2v) is 24.2. The minimum Gasteiger partial charge on any atom is -0.379 e. The van der Waals surface area contributed by atoms with Crippen LogP contribution >= 0.6 is 0 Å². The van der Waals surface area contributed by atoms with Crippen LogP contribution in [-0.2, 0) is 16.0 Å². The number of nitrogens with zero attached hydrogens (tertiary/aromatic N) is 1. The maximum atomic E-state index is 7.26. The molecule has 1 aromatic rings.